The van der Waals surface area contributed by atoms with Gasteiger partial charge in [-0.05, 0) is 87.0 Å². The fraction of sp³-hybridized carbons (Fsp3) is 0.480. The number of Topliss-reactive ketones (excluding diaryl/α,β-unsaturated/α-hetero) is 1. The van der Waals surface area contributed by atoms with Crippen molar-refractivity contribution in [3.63, 3.8) is 0 Å². The standard InChI is InChI=1S/C25H30N4O2/c30-24-13-20(16-31-21-5-4-18-2-1-3-19(18)12-21)29-25-22(24)8-11-28-23(25)15-27-14-17-6-9-26-10-7-17/h4-5,8,11-12,17,26-27H,1-3,6-7,9-10,13-16H2. The van der Waals surface area contributed by atoms with Crippen LogP contribution in [-0.2, 0) is 19.4 Å². The summed E-state index contributed by atoms with van der Waals surface area (Å²) < 4.78 is 6.01. The summed E-state index contributed by atoms with van der Waals surface area (Å²) in [6.07, 6.45) is 7.94. The molecule has 0 bridgehead atoms. The zero-order valence-electron chi connectivity index (χ0n) is 18.0. The Hall–Kier alpha value is -2.57. The minimum Gasteiger partial charge on any atom is -0.488 e. The van der Waals surface area contributed by atoms with Crippen LogP contribution in [0.3, 0.4) is 0 Å². The molecule has 5 rings (SSSR count). The van der Waals surface area contributed by atoms with Crippen LogP contribution in [0.15, 0.2) is 35.5 Å². The van der Waals surface area contributed by atoms with E-state index in [1.165, 1.54) is 30.4 Å². The number of ketones is 1. The van der Waals surface area contributed by atoms with Crippen molar-refractivity contribution in [2.45, 2.75) is 45.1 Å². The first-order chi connectivity index (χ1) is 15.3. The van der Waals surface area contributed by atoms with E-state index in [9.17, 15) is 4.79 Å². The van der Waals surface area contributed by atoms with E-state index in [1.807, 2.05) is 6.07 Å². The second-order valence-corrected chi connectivity index (χ2v) is 8.83. The number of nitrogens with one attached hydrogen (secondary N) is 2. The molecule has 0 atom stereocenters. The molecule has 162 valence electrons. The van der Waals surface area contributed by atoms with Gasteiger partial charge in [0.1, 0.15) is 12.4 Å². The number of ether oxygens (including phenoxy) is 1. The van der Waals surface area contributed by atoms with E-state index >= 15 is 0 Å². The first-order valence-corrected chi connectivity index (χ1v) is 11.5. The van der Waals surface area contributed by atoms with E-state index in [-0.39, 0.29) is 5.78 Å². The molecule has 1 saturated heterocycles. The van der Waals surface area contributed by atoms with Crippen molar-refractivity contribution in [3.8, 4) is 5.75 Å². The molecule has 0 spiro atoms. The predicted octanol–water partition coefficient (Wildman–Crippen LogP) is 3.40. The maximum absolute atomic E-state index is 12.7. The van der Waals surface area contributed by atoms with Crippen molar-refractivity contribution < 1.29 is 9.53 Å². The van der Waals surface area contributed by atoms with E-state index in [2.05, 4.69) is 27.8 Å². The highest BCUT2D eigenvalue weighted by Crippen LogP contribution is 2.30. The predicted molar refractivity (Wildman–Crippen MR) is 122 cm³/mol. The third-order valence-corrected chi connectivity index (χ3v) is 6.59. The van der Waals surface area contributed by atoms with E-state index in [4.69, 9.17) is 9.73 Å². The Morgan fingerprint density at radius 1 is 1.13 bits per heavy atom. The van der Waals surface area contributed by atoms with Crippen molar-refractivity contribution in [1.82, 2.24) is 15.6 Å². The molecule has 2 aromatic rings. The van der Waals surface area contributed by atoms with Gasteiger partial charge in [0.15, 0.2) is 5.78 Å². The third-order valence-electron chi connectivity index (χ3n) is 6.59. The molecule has 1 aromatic heterocycles. The number of fused-ring (bicyclic) bond motifs is 2. The molecule has 3 heterocycles. The average Bonchev–Trinajstić information content (AvgIpc) is 3.27. The summed E-state index contributed by atoms with van der Waals surface area (Å²) in [5, 5.41) is 6.93. The minimum atomic E-state index is 0.0968. The van der Waals surface area contributed by atoms with Crippen LogP contribution in [0.2, 0.25) is 0 Å². The number of benzene rings is 1. The molecule has 31 heavy (non-hydrogen) atoms. The van der Waals surface area contributed by atoms with Crippen LogP contribution >= 0.6 is 0 Å². The Bertz CT molecular complexity index is 995. The normalized spacial score (nSPS) is 18.5. The molecule has 1 aromatic carbocycles. The second kappa shape index (κ2) is 9.28. The van der Waals surface area contributed by atoms with Gasteiger partial charge in [0.25, 0.3) is 0 Å². The number of hydrogen-bond acceptors (Lipinski definition) is 6. The van der Waals surface area contributed by atoms with E-state index in [1.54, 1.807) is 12.3 Å². The number of aliphatic imine (C=N–C) groups is 1. The Morgan fingerprint density at radius 3 is 2.90 bits per heavy atom. The molecule has 0 radical (unpaired) electrons. The quantitative estimate of drug-likeness (QED) is 0.721. The van der Waals surface area contributed by atoms with Crippen molar-refractivity contribution in [3.05, 3.63) is 52.8 Å². The van der Waals surface area contributed by atoms with Gasteiger partial charge >= 0.3 is 0 Å². The monoisotopic (exact) mass is 418 g/mol. The molecule has 0 amide bonds. The average molecular weight is 419 g/mol. The molecule has 2 N–H and O–H groups in total. The number of aromatic nitrogens is 1. The maximum atomic E-state index is 12.7. The Labute approximate surface area is 183 Å². The summed E-state index contributed by atoms with van der Waals surface area (Å²) in [5.41, 5.74) is 5.81. The van der Waals surface area contributed by atoms with Crippen LogP contribution in [0.5, 0.6) is 5.75 Å². The van der Waals surface area contributed by atoms with Crippen LogP contribution in [0.1, 0.15) is 52.9 Å². The molecule has 2 aliphatic heterocycles. The lowest BCUT2D eigenvalue weighted by Gasteiger charge is -2.23. The zero-order chi connectivity index (χ0) is 21.0. The van der Waals surface area contributed by atoms with Gasteiger partial charge in [-0.15, -0.1) is 0 Å². The van der Waals surface area contributed by atoms with Crippen molar-refractivity contribution in [2.75, 3.05) is 26.2 Å². The highest BCUT2D eigenvalue weighted by atomic mass is 16.5. The fourth-order valence-corrected chi connectivity index (χ4v) is 4.82. The summed E-state index contributed by atoms with van der Waals surface area (Å²) in [5.74, 6) is 1.65. The smallest absolute Gasteiger partial charge is 0.170 e. The second-order valence-electron chi connectivity index (χ2n) is 8.83. The van der Waals surface area contributed by atoms with Gasteiger partial charge in [-0.25, -0.2) is 0 Å². The van der Waals surface area contributed by atoms with Crippen LogP contribution in [0.4, 0.5) is 5.69 Å². The lowest BCUT2D eigenvalue weighted by molar-refractivity contribution is 0.0998. The highest BCUT2D eigenvalue weighted by Gasteiger charge is 2.23. The van der Waals surface area contributed by atoms with Crippen molar-refractivity contribution >= 4 is 17.2 Å². The van der Waals surface area contributed by atoms with E-state index in [0.29, 0.717) is 36.7 Å². The fourth-order valence-electron chi connectivity index (χ4n) is 4.82. The van der Waals surface area contributed by atoms with Crippen LogP contribution in [0.25, 0.3) is 0 Å². The Kier molecular flexibility index (Phi) is 6.09. The molecule has 1 aliphatic carbocycles. The number of pyridine rings is 1. The number of carbonyl (C=O) groups excluding carboxylic acids is 1. The van der Waals surface area contributed by atoms with Crippen molar-refractivity contribution in [2.24, 2.45) is 10.9 Å². The molecule has 0 saturated carbocycles. The highest BCUT2D eigenvalue weighted by molar-refractivity contribution is 6.16. The lowest BCUT2D eigenvalue weighted by atomic mass is 9.98. The molecular weight excluding hydrogens is 388 g/mol. The molecule has 3 aliphatic rings. The summed E-state index contributed by atoms with van der Waals surface area (Å²) in [6.45, 7) is 4.12. The van der Waals surface area contributed by atoms with Crippen LogP contribution < -0.4 is 15.4 Å². The number of aryl methyl sites for hydroxylation is 2. The lowest BCUT2D eigenvalue weighted by Crippen LogP contribution is -2.33. The topological polar surface area (TPSA) is 75.6 Å². The van der Waals surface area contributed by atoms with Crippen molar-refractivity contribution in [1.29, 1.82) is 0 Å². The first kappa shape index (κ1) is 20.3. The molecule has 6 heteroatoms. The number of rotatable bonds is 7. The SMILES string of the molecule is O=C1CC(COc2ccc3c(c2)CCC3)=Nc2c1ccnc2CNCC1CCNCC1. The maximum Gasteiger partial charge on any atom is 0.170 e. The number of nitrogens with zero attached hydrogens (tertiary/aromatic N) is 2. The van der Waals surface area contributed by atoms with E-state index in [0.717, 1.165) is 49.6 Å². The summed E-state index contributed by atoms with van der Waals surface area (Å²) in [4.78, 5) is 22.1. The first-order valence-electron chi connectivity index (χ1n) is 11.5. The molecule has 0 unspecified atom stereocenters. The van der Waals surface area contributed by atoms with Gasteiger partial charge in [0.2, 0.25) is 0 Å². The van der Waals surface area contributed by atoms with E-state index < -0.39 is 0 Å². The van der Waals surface area contributed by atoms with Gasteiger partial charge in [-0.3, -0.25) is 14.8 Å². The van der Waals surface area contributed by atoms with Gasteiger partial charge in [-0.2, -0.15) is 0 Å². The van der Waals surface area contributed by atoms with Gasteiger partial charge in [0, 0.05) is 18.3 Å². The zero-order valence-corrected chi connectivity index (χ0v) is 18.0. The summed E-state index contributed by atoms with van der Waals surface area (Å²) in [7, 11) is 0. The number of piperidine rings is 1. The van der Waals surface area contributed by atoms with Gasteiger partial charge in [-0.1, -0.05) is 6.07 Å². The third kappa shape index (κ3) is 4.70. The summed E-state index contributed by atoms with van der Waals surface area (Å²) >= 11 is 0. The molecule has 1 fully saturated rings. The number of hydrogen-bond donors (Lipinski definition) is 2. The molecular formula is C25H30N4O2. The van der Waals surface area contributed by atoms with Crippen LogP contribution in [-0.4, -0.2) is 42.7 Å². The van der Waals surface area contributed by atoms with Crippen LogP contribution in [0, 0.1) is 5.92 Å². The largest absolute Gasteiger partial charge is 0.488 e. The molecule has 6 nitrogen and oxygen atoms in total. The van der Waals surface area contributed by atoms with Gasteiger partial charge in [0.05, 0.1) is 23.5 Å². The Morgan fingerprint density at radius 2 is 2.00 bits per heavy atom. The number of carbonyl (C=O) groups is 1. The summed E-state index contributed by atoms with van der Waals surface area (Å²) in [6, 6.07) is 8.12. The van der Waals surface area contributed by atoms with Gasteiger partial charge < -0.3 is 15.4 Å². The minimum absolute atomic E-state index is 0.0968. The Balaban J connectivity index is 1.26.